The summed E-state index contributed by atoms with van der Waals surface area (Å²) in [4.78, 5) is 18.9. The Kier molecular flexibility index (Phi) is 4.33. The zero-order valence-electron chi connectivity index (χ0n) is 12.5. The van der Waals surface area contributed by atoms with E-state index in [9.17, 15) is 4.79 Å². The van der Waals surface area contributed by atoms with Crippen LogP contribution in [0.2, 0.25) is 0 Å². The van der Waals surface area contributed by atoms with Crippen LogP contribution in [0.5, 0.6) is 11.5 Å². The molecule has 0 unspecified atom stereocenters. The van der Waals surface area contributed by atoms with E-state index in [0.29, 0.717) is 17.3 Å². The van der Waals surface area contributed by atoms with Crippen LogP contribution in [0.1, 0.15) is 5.89 Å². The van der Waals surface area contributed by atoms with Gasteiger partial charge in [0.25, 0.3) is 0 Å². The summed E-state index contributed by atoms with van der Waals surface area (Å²) in [5.41, 5.74) is 0.722. The minimum atomic E-state index is -1.09. The monoisotopic (exact) mass is 323 g/mol. The summed E-state index contributed by atoms with van der Waals surface area (Å²) in [6.07, 6.45) is 3.30. The lowest BCUT2D eigenvalue weighted by Crippen LogP contribution is -2.02. The first-order valence-corrected chi connectivity index (χ1v) is 7.04. The molecule has 0 atom stereocenters. The number of aromatic nitrogens is 3. The molecule has 2 heterocycles. The normalized spacial score (nSPS) is 10.3. The van der Waals surface area contributed by atoms with Gasteiger partial charge in [-0.3, -0.25) is 4.98 Å². The molecule has 0 spiro atoms. The molecule has 24 heavy (non-hydrogen) atoms. The Hall–Kier alpha value is -3.48. The van der Waals surface area contributed by atoms with E-state index in [1.165, 1.54) is 0 Å². The maximum absolute atomic E-state index is 10.8. The summed E-state index contributed by atoms with van der Waals surface area (Å²) in [5.74, 6) is 0.834. The van der Waals surface area contributed by atoms with Crippen LogP contribution in [0.3, 0.4) is 0 Å². The van der Waals surface area contributed by atoms with Gasteiger partial charge in [-0.2, -0.15) is 4.98 Å². The van der Waals surface area contributed by atoms with E-state index in [4.69, 9.17) is 14.4 Å². The first-order valence-electron chi connectivity index (χ1n) is 7.04. The largest absolute Gasteiger partial charge is 0.478 e. The Balaban J connectivity index is 1.71. The average molecular weight is 323 g/mol. The Morgan fingerprint density at radius 2 is 1.79 bits per heavy atom. The van der Waals surface area contributed by atoms with E-state index in [-0.39, 0.29) is 17.9 Å². The molecule has 7 nitrogen and oxygen atoms in total. The van der Waals surface area contributed by atoms with Crippen molar-refractivity contribution in [1.29, 1.82) is 0 Å². The van der Waals surface area contributed by atoms with E-state index in [2.05, 4.69) is 21.7 Å². The highest BCUT2D eigenvalue weighted by Crippen LogP contribution is 2.24. The van der Waals surface area contributed by atoms with Gasteiger partial charge in [-0.25, -0.2) is 4.79 Å². The molecule has 1 N–H and O–H groups in total. The summed E-state index contributed by atoms with van der Waals surface area (Å²) in [6.45, 7) is 3.43. The van der Waals surface area contributed by atoms with Crippen LogP contribution in [-0.4, -0.2) is 26.2 Å². The van der Waals surface area contributed by atoms with Gasteiger partial charge in [0.1, 0.15) is 11.5 Å². The number of rotatable bonds is 6. The zero-order chi connectivity index (χ0) is 16.9. The zero-order valence-corrected chi connectivity index (χ0v) is 12.5. The maximum atomic E-state index is 10.8. The summed E-state index contributed by atoms with van der Waals surface area (Å²) >= 11 is 0. The number of carboxylic acid groups (broad SMARTS) is 1. The first kappa shape index (κ1) is 15.4. The number of carbonyl (C=O) groups is 1. The molecule has 0 aliphatic heterocycles. The number of nitrogens with zero attached hydrogens (tertiary/aromatic N) is 3. The lowest BCUT2D eigenvalue weighted by atomic mass is 10.2. The van der Waals surface area contributed by atoms with E-state index < -0.39 is 5.97 Å². The molecule has 0 amide bonds. The van der Waals surface area contributed by atoms with Gasteiger partial charge in [-0.05, 0) is 36.4 Å². The van der Waals surface area contributed by atoms with Crippen molar-refractivity contribution in [1.82, 2.24) is 15.1 Å². The molecule has 7 heteroatoms. The molecule has 120 valence electrons. The van der Waals surface area contributed by atoms with Gasteiger partial charge < -0.3 is 14.4 Å². The second-order valence-corrected chi connectivity index (χ2v) is 4.91. The van der Waals surface area contributed by atoms with Gasteiger partial charge in [0.2, 0.25) is 11.7 Å². The molecular weight excluding hydrogens is 310 g/mol. The van der Waals surface area contributed by atoms with Crippen molar-refractivity contribution < 1.29 is 19.2 Å². The number of hydrogen-bond acceptors (Lipinski definition) is 6. The molecule has 1 aromatic carbocycles. The van der Waals surface area contributed by atoms with Crippen molar-refractivity contribution in [3.8, 4) is 22.9 Å². The Labute approximate surface area is 137 Å². The van der Waals surface area contributed by atoms with Gasteiger partial charge >= 0.3 is 5.97 Å². The molecule has 0 fully saturated rings. The van der Waals surface area contributed by atoms with Gasteiger partial charge in [-0.1, -0.05) is 11.7 Å². The summed E-state index contributed by atoms with van der Waals surface area (Å²) in [6, 6.07) is 10.7. The molecular formula is C17H13N3O4. The number of aliphatic carboxylic acids is 1. The minimum absolute atomic E-state index is 0.00553. The highest BCUT2D eigenvalue weighted by molar-refractivity contribution is 5.86. The number of benzene rings is 1. The van der Waals surface area contributed by atoms with Crippen molar-refractivity contribution >= 4 is 5.97 Å². The van der Waals surface area contributed by atoms with E-state index >= 15 is 0 Å². The third kappa shape index (κ3) is 3.64. The predicted molar refractivity (Wildman–Crippen MR) is 84.5 cm³/mol. The standard InChI is InChI=1S/C17H13N3O4/c1-11(17(21)22)10-15-19-16(20-24-15)12-2-4-13(5-3-12)23-14-6-8-18-9-7-14/h2-9H,1,10H2,(H,21,22). The number of carboxylic acids is 1. The number of pyridine rings is 1. The van der Waals surface area contributed by atoms with Crippen LogP contribution in [0.25, 0.3) is 11.4 Å². The minimum Gasteiger partial charge on any atom is -0.478 e. The van der Waals surface area contributed by atoms with Gasteiger partial charge in [0.05, 0.1) is 6.42 Å². The highest BCUT2D eigenvalue weighted by atomic mass is 16.5. The fraction of sp³-hybridized carbons (Fsp3) is 0.0588. The second kappa shape index (κ2) is 6.74. The molecule has 3 rings (SSSR count). The lowest BCUT2D eigenvalue weighted by molar-refractivity contribution is -0.132. The highest BCUT2D eigenvalue weighted by Gasteiger charge is 2.13. The Morgan fingerprint density at radius 1 is 1.12 bits per heavy atom. The fourth-order valence-electron chi connectivity index (χ4n) is 1.92. The fourth-order valence-corrected chi connectivity index (χ4v) is 1.92. The molecule has 0 bridgehead atoms. The van der Waals surface area contributed by atoms with Crippen LogP contribution in [-0.2, 0) is 11.2 Å². The lowest BCUT2D eigenvalue weighted by Gasteiger charge is -2.05. The maximum Gasteiger partial charge on any atom is 0.331 e. The van der Waals surface area contributed by atoms with Crippen LogP contribution < -0.4 is 4.74 Å². The van der Waals surface area contributed by atoms with E-state index in [0.717, 1.165) is 5.56 Å². The van der Waals surface area contributed by atoms with Crippen LogP contribution in [0, 0.1) is 0 Å². The Morgan fingerprint density at radius 3 is 2.46 bits per heavy atom. The van der Waals surface area contributed by atoms with Crippen LogP contribution in [0.15, 0.2) is 65.5 Å². The molecule has 0 saturated carbocycles. The number of hydrogen-bond donors (Lipinski definition) is 1. The molecule has 0 saturated heterocycles. The topological polar surface area (TPSA) is 98.3 Å². The van der Waals surface area contributed by atoms with Crippen molar-refractivity contribution in [2.75, 3.05) is 0 Å². The van der Waals surface area contributed by atoms with E-state index in [1.54, 1.807) is 48.8 Å². The molecule has 0 aliphatic rings. The van der Waals surface area contributed by atoms with Crippen LogP contribution in [0.4, 0.5) is 0 Å². The van der Waals surface area contributed by atoms with Gasteiger partial charge in [0.15, 0.2) is 0 Å². The first-order chi connectivity index (χ1) is 11.6. The predicted octanol–water partition coefficient (Wildman–Crippen LogP) is 3.11. The van der Waals surface area contributed by atoms with Crippen molar-refractivity contribution in [3.05, 3.63) is 66.8 Å². The Bertz CT molecular complexity index is 857. The number of ether oxygens (including phenoxy) is 1. The van der Waals surface area contributed by atoms with Crippen molar-refractivity contribution in [3.63, 3.8) is 0 Å². The molecule has 0 aliphatic carbocycles. The quantitative estimate of drug-likeness (QED) is 0.696. The average Bonchev–Trinajstić information content (AvgIpc) is 3.05. The molecule has 3 aromatic rings. The third-order valence-electron chi connectivity index (χ3n) is 3.13. The van der Waals surface area contributed by atoms with Crippen molar-refractivity contribution in [2.24, 2.45) is 0 Å². The van der Waals surface area contributed by atoms with Gasteiger partial charge in [-0.15, -0.1) is 0 Å². The van der Waals surface area contributed by atoms with Gasteiger partial charge in [0, 0.05) is 23.5 Å². The van der Waals surface area contributed by atoms with Crippen LogP contribution >= 0.6 is 0 Å². The summed E-state index contributed by atoms with van der Waals surface area (Å²) in [7, 11) is 0. The smallest absolute Gasteiger partial charge is 0.331 e. The SMILES string of the molecule is C=C(Cc1nc(-c2ccc(Oc3ccncc3)cc2)no1)C(=O)O. The third-order valence-corrected chi connectivity index (χ3v) is 3.13. The van der Waals surface area contributed by atoms with Crippen molar-refractivity contribution in [2.45, 2.75) is 6.42 Å². The molecule has 2 aromatic heterocycles. The summed E-state index contributed by atoms with van der Waals surface area (Å²) in [5, 5.41) is 12.7. The molecule has 0 radical (unpaired) electrons. The summed E-state index contributed by atoms with van der Waals surface area (Å²) < 4.78 is 10.7. The second-order valence-electron chi connectivity index (χ2n) is 4.91. The van der Waals surface area contributed by atoms with E-state index in [1.807, 2.05) is 0 Å².